The van der Waals surface area contributed by atoms with E-state index < -0.39 is 0 Å². The van der Waals surface area contributed by atoms with E-state index in [1.807, 2.05) is 0 Å². The van der Waals surface area contributed by atoms with Crippen LogP contribution in [0.25, 0.3) is 0 Å². The molecule has 6 nitrogen and oxygen atoms in total. The van der Waals surface area contributed by atoms with E-state index in [9.17, 15) is 5.21 Å². The van der Waals surface area contributed by atoms with E-state index in [4.69, 9.17) is 19.9 Å². The summed E-state index contributed by atoms with van der Waals surface area (Å²) in [7, 11) is 0. The highest BCUT2D eigenvalue weighted by Gasteiger charge is 1.89. The maximum Gasteiger partial charge on any atom is 0.0701 e. The molecule has 0 saturated carbocycles. The minimum atomic E-state index is 0.319. The molecule has 0 rings (SSSR count). The van der Waals surface area contributed by atoms with Crippen LogP contribution in [0.15, 0.2) is 0 Å². The van der Waals surface area contributed by atoms with Gasteiger partial charge < -0.3 is 30.6 Å². The highest BCUT2D eigenvalue weighted by molar-refractivity contribution is 4.41. The normalized spacial score (nSPS) is 10.7. The molecule has 0 aromatic rings. The van der Waals surface area contributed by atoms with Gasteiger partial charge in [0.15, 0.2) is 0 Å². The Morgan fingerprint density at radius 1 is 0.857 bits per heavy atom. The van der Waals surface area contributed by atoms with Gasteiger partial charge >= 0.3 is 0 Å². The van der Waals surface area contributed by atoms with E-state index in [0.29, 0.717) is 52.7 Å². The summed E-state index contributed by atoms with van der Waals surface area (Å²) in [6, 6.07) is 0. The van der Waals surface area contributed by atoms with Crippen LogP contribution >= 0.6 is 0 Å². The Balaban J connectivity index is 2.78. The number of hydrogen-bond donors (Lipinski definition) is 2. The molecule has 0 fully saturated rings. The molecule has 0 aliphatic carbocycles. The van der Waals surface area contributed by atoms with Crippen molar-refractivity contribution in [2.45, 2.75) is 0 Å². The summed E-state index contributed by atoms with van der Waals surface area (Å²) in [6.07, 6.45) is 0. The van der Waals surface area contributed by atoms with Crippen molar-refractivity contribution in [2.24, 2.45) is 5.73 Å². The molecule has 0 aromatic heterocycles. The van der Waals surface area contributed by atoms with Crippen LogP contribution in [-0.4, -0.2) is 52.7 Å². The Hall–Kier alpha value is -0.240. The molecule has 3 N–H and O–H groups in total. The van der Waals surface area contributed by atoms with Gasteiger partial charge in [0.1, 0.15) is 0 Å². The molecule has 0 radical (unpaired) electrons. The van der Waals surface area contributed by atoms with Gasteiger partial charge in [-0.1, -0.05) is 0 Å². The summed E-state index contributed by atoms with van der Waals surface area (Å²) >= 11 is 0. The molecule has 0 atom stereocenters. The summed E-state index contributed by atoms with van der Waals surface area (Å²) in [5, 5.41) is 9.78. The lowest BCUT2D eigenvalue weighted by Crippen LogP contribution is -2.16. The summed E-state index contributed by atoms with van der Waals surface area (Å²) in [5.74, 6) is 0. The zero-order valence-corrected chi connectivity index (χ0v) is 8.37. The van der Waals surface area contributed by atoms with Gasteiger partial charge in [0.25, 0.3) is 0 Å². The van der Waals surface area contributed by atoms with Crippen molar-refractivity contribution in [3.63, 3.8) is 0 Å². The molecular weight excluding hydrogens is 188 g/mol. The number of nitrogens with two attached hydrogens (primary N) is 1. The second-order valence-corrected chi connectivity index (χ2v) is 2.52. The SMILES string of the molecule is NCCOCCOCCOCCN[O-]. The lowest BCUT2D eigenvalue weighted by Gasteiger charge is -2.08. The first-order valence-corrected chi connectivity index (χ1v) is 4.70. The molecule has 0 heterocycles. The highest BCUT2D eigenvalue weighted by atomic mass is 16.5. The van der Waals surface area contributed by atoms with Crippen molar-refractivity contribution in [2.75, 3.05) is 52.7 Å². The standard InChI is InChI=1S/C8H19N2O4/c9-1-3-12-5-7-14-8-6-13-4-2-10-11/h10H,1-9H2/q-1. The first-order chi connectivity index (χ1) is 6.91. The van der Waals surface area contributed by atoms with Crippen LogP contribution in [0.5, 0.6) is 0 Å². The molecular formula is C8H19N2O4-. The van der Waals surface area contributed by atoms with E-state index in [-0.39, 0.29) is 0 Å². The Morgan fingerprint density at radius 2 is 1.36 bits per heavy atom. The van der Waals surface area contributed by atoms with Gasteiger partial charge in [-0.3, -0.25) is 0 Å². The predicted molar refractivity (Wildman–Crippen MR) is 52.9 cm³/mol. The summed E-state index contributed by atoms with van der Waals surface area (Å²) in [5.41, 5.74) is 6.97. The maximum atomic E-state index is 9.78. The minimum absolute atomic E-state index is 0.319. The molecule has 0 aliphatic heterocycles. The van der Waals surface area contributed by atoms with Gasteiger partial charge in [-0.25, -0.2) is 0 Å². The van der Waals surface area contributed by atoms with E-state index in [1.165, 1.54) is 0 Å². The van der Waals surface area contributed by atoms with Gasteiger partial charge in [-0.05, 0) is 0 Å². The van der Waals surface area contributed by atoms with Crippen LogP contribution in [-0.2, 0) is 14.2 Å². The van der Waals surface area contributed by atoms with Crippen molar-refractivity contribution in [1.29, 1.82) is 0 Å². The van der Waals surface area contributed by atoms with Crippen LogP contribution in [0.3, 0.4) is 0 Å². The molecule has 86 valence electrons. The molecule has 0 amide bonds. The maximum absolute atomic E-state index is 9.78. The average Bonchev–Trinajstić information content (AvgIpc) is 2.21. The zero-order valence-electron chi connectivity index (χ0n) is 8.37. The van der Waals surface area contributed by atoms with Gasteiger partial charge in [-0.15, -0.1) is 0 Å². The van der Waals surface area contributed by atoms with Crippen LogP contribution in [0, 0.1) is 5.21 Å². The second-order valence-electron chi connectivity index (χ2n) is 2.52. The Labute approximate surface area is 84.3 Å². The average molecular weight is 207 g/mol. The van der Waals surface area contributed by atoms with Crippen LogP contribution in [0.1, 0.15) is 0 Å². The number of hydroxylamine groups is 1. The van der Waals surface area contributed by atoms with Gasteiger partial charge in [0, 0.05) is 13.1 Å². The van der Waals surface area contributed by atoms with Gasteiger partial charge in [0.05, 0.1) is 39.6 Å². The van der Waals surface area contributed by atoms with Crippen LogP contribution < -0.4 is 11.2 Å². The molecule has 0 unspecified atom stereocenters. The zero-order chi connectivity index (χ0) is 10.5. The molecule has 0 spiro atoms. The number of rotatable bonds is 11. The third kappa shape index (κ3) is 11.8. The Kier molecular flexibility index (Phi) is 12.5. The second kappa shape index (κ2) is 12.8. The number of hydrogen-bond acceptors (Lipinski definition) is 6. The monoisotopic (exact) mass is 207 g/mol. The molecule has 14 heavy (non-hydrogen) atoms. The van der Waals surface area contributed by atoms with E-state index in [2.05, 4.69) is 0 Å². The first-order valence-electron chi connectivity index (χ1n) is 4.70. The third-order valence-electron chi connectivity index (χ3n) is 1.35. The van der Waals surface area contributed by atoms with Crippen molar-refractivity contribution in [3.05, 3.63) is 5.21 Å². The number of nitrogens with one attached hydrogen (secondary N) is 1. The quantitative estimate of drug-likeness (QED) is 0.336. The third-order valence-corrected chi connectivity index (χ3v) is 1.35. The van der Waals surface area contributed by atoms with Crippen molar-refractivity contribution in [1.82, 2.24) is 5.48 Å². The van der Waals surface area contributed by atoms with Crippen molar-refractivity contribution in [3.8, 4) is 0 Å². The molecule has 0 aromatic carbocycles. The summed E-state index contributed by atoms with van der Waals surface area (Å²) in [4.78, 5) is 0. The van der Waals surface area contributed by atoms with E-state index in [1.54, 1.807) is 5.48 Å². The van der Waals surface area contributed by atoms with Gasteiger partial charge in [0.2, 0.25) is 0 Å². The van der Waals surface area contributed by atoms with Crippen LogP contribution in [0.2, 0.25) is 0 Å². The largest absolute Gasteiger partial charge is 0.788 e. The fraction of sp³-hybridized carbons (Fsp3) is 1.00. The van der Waals surface area contributed by atoms with E-state index in [0.717, 1.165) is 0 Å². The van der Waals surface area contributed by atoms with Crippen LogP contribution in [0.4, 0.5) is 0 Å². The molecule has 6 heteroatoms. The Morgan fingerprint density at radius 3 is 1.86 bits per heavy atom. The lowest BCUT2D eigenvalue weighted by molar-refractivity contribution is 0.0169. The number of ether oxygens (including phenoxy) is 3. The Bertz CT molecular complexity index is 93.3. The van der Waals surface area contributed by atoms with Crippen molar-refractivity contribution >= 4 is 0 Å². The first kappa shape index (κ1) is 13.8. The topological polar surface area (TPSA) is 88.8 Å². The van der Waals surface area contributed by atoms with Crippen molar-refractivity contribution < 1.29 is 14.2 Å². The van der Waals surface area contributed by atoms with Gasteiger partial charge in [-0.2, -0.15) is 0 Å². The smallest absolute Gasteiger partial charge is 0.0701 e. The minimum Gasteiger partial charge on any atom is -0.788 e. The fourth-order valence-electron chi connectivity index (χ4n) is 0.739. The lowest BCUT2D eigenvalue weighted by atomic mass is 10.7. The molecule has 0 bridgehead atoms. The summed E-state index contributed by atoms with van der Waals surface area (Å²) < 4.78 is 15.3. The predicted octanol–water partition coefficient (Wildman–Crippen LogP) is -0.918. The fourth-order valence-corrected chi connectivity index (χ4v) is 0.739. The molecule has 0 saturated heterocycles. The highest BCUT2D eigenvalue weighted by Crippen LogP contribution is 1.80. The molecule has 0 aliphatic rings. The summed E-state index contributed by atoms with van der Waals surface area (Å²) in [6.45, 7) is 3.95. The van der Waals surface area contributed by atoms with E-state index >= 15 is 0 Å².